The first-order valence-electron chi connectivity index (χ1n) is 8.96. The van der Waals surface area contributed by atoms with Crippen molar-refractivity contribution < 1.29 is 9.59 Å². The highest BCUT2D eigenvalue weighted by molar-refractivity contribution is 7.98. The van der Waals surface area contributed by atoms with Crippen molar-refractivity contribution in [2.45, 2.75) is 29.8 Å². The highest BCUT2D eigenvalue weighted by atomic mass is 32.2. The molecule has 2 N–H and O–H groups in total. The van der Waals surface area contributed by atoms with Crippen molar-refractivity contribution in [3.05, 3.63) is 72.1 Å². The summed E-state index contributed by atoms with van der Waals surface area (Å²) in [4.78, 5) is 23.3. The van der Waals surface area contributed by atoms with Crippen molar-refractivity contribution in [3.8, 4) is 5.69 Å². The molecule has 142 valence electrons. The van der Waals surface area contributed by atoms with Gasteiger partial charge in [0.05, 0.1) is 0 Å². The van der Waals surface area contributed by atoms with Gasteiger partial charge in [0.25, 0.3) is 0 Å². The lowest BCUT2D eigenvalue weighted by Crippen LogP contribution is -2.53. The number of urea groups is 1. The first-order chi connectivity index (χ1) is 13.7. The summed E-state index contributed by atoms with van der Waals surface area (Å²) < 4.78 is 1.99. The molecule has 0 spiro atoms. The normalized spacial score (nSPS) is 16.5. The third-order valence-corrected chi connectivity index (χ3v) is 5.37. The van der Waals surface area contributed by atoms with E-state index in [2.05, 4.69) is 33.0 Å². The molecule has 1 atom stereocenters. The maximum atomic E-state index is 11.7. The number of para-hydroxylation sites is 1. The van der Waals surface area contributed by atoms with Crippen LogP contribution in [-0.4, -0.2) is 32.7 Å². The number of carbonyl (C=O) groups is 2. The van der Waals surface area contributed by atoms with E-state index in [0.717, 1.165) is 16.6 Å². The number of nitrogens with zero attached hydrogens (tertiary/aromatic N) is 3. The molecule has 1 aliphatic heterocycles. The Kier molecular flexibility index (Phi) is 5.38. The van der Waals surface area contributed by atoms with Crippen LogP contribution in [0.15, 0.2) is 65.8 Å². The van der Waals surface area contributed by atoms with Crippen LogP contribution >= 0.6 is 11.8 Å². The number of thioether (sulfide) groups is 1. The number of hydrogen-bond donors (Lipinski definition) is 2. The van der Waals surface area contributed by atoms with Crippen LogP contribution in [0.3, 0.4) is 0 Å². The van der Waals surface area contributed by atoms with Gasteiger partial charge in [-0.2, -0.15) is 0 Å². The summed E-state index contributed by atoms with van der Waals surface area (Å²) in [6, 6.07) is 19.3. The minimum Gasteiger partial charge on any atom is -0.334 e. The Morgan fingerprint density at radius 3 is 2.43 bits per heavy atom. The molecule has 3 amide bonds. The second kappa shape index (κ2) is 8.26. The quantitative estimate of drug-likeness (QED) is 0.629. The van der Waals surface area contributed by atoms with Gasteiger partial charge in [0, 0.05) is 30.3 Å². The molecule has 2 heterocycles. The van der Waals surface area contributed by atoms with Gasteiger partial charge in [-0.25, -0.2) is 4.79 Å². The highest BCUT2D eigenvalue weighted by Gasteiger charge is 2.26. The average molecular weight is 393 g/mol. The molecule has 1 aromatic heterocycles. The second-order valence-corrected chi connectivity index (χ2v) is 7.41. The summed E-state index contributed by atoms with van der Waals surface area (Å²) in [7, 11) is 0. The van der Waals surface area contributed by atoms with E-state index in [1.807, 2.05) is 53.1 Å². The summed E-state index contributed by atoms with van der Waals surface area (Å²) in [5.41, 5.74) is 2.15. The summed E-state index contributed by atoms with van der Waals surface area (Å²) in [5.74, 6) is 1.20. The van der Waals surface area contributed by atoms with Crippen LogP contribution < -0.4 is 10.6 Å². The van der Waals surface area contributed by atoms with Crippen molar-refractivity contribution >= 4 is 23.7 Å². The average Bonchev–Trinajstić information content (AvgIpc) is 3.09. The number of carbonyl (C=O) groups excluding carboxylic acids is 2. The zero-order valence-corrected chi connectivity index (χ0v) is 15.9. The molecule has 3 aromatic rings. The van der Waals surface area contributed by atoms with Gasteiger partial charge in [0.15, 0.2) is 5.16 Å². The number of amides is 3. The van der Waals surface area contributed by atoms with Gasteiger partial charge >= 0.3 is 6.03 Å². The number of benzene rings is 2. The summed E-state index contributed by atoms with van der Waals surface area (Å²) in [6.07, 6.45) is 0.646. The van der Waals surface area contributed by atoms with E-state index in [1.165, 1.54) is 5.56 Å². The minimum absolute atomic E-state index is 0.222. The molecule has 8 heteroatoms. The van der Waals surface area contributed by atoms with Crippen molar-refractivity contribution in [2.75, 3.05) is 0 Å². The van der Waals surface area contributed by atoms with E-state index in [4.69, 9.17) is 0 Å². The second-order valence-electron chi connectivity index (χ2n) is 6.47. The molecule has 4 rings (SSSR count). The van der Waals surface area contributed by atoms with E-state index < -0.39 is 6.03 Å². The van der Waals surface area contributed by atoms with E-state index >= 15 is 0 Å². The Labute approximate surface area is 166 Å². The summed E-state index contributed by atoms with van der Waals surface area (Å²) >= 11 is 1.60. The Morgan fingerprint density at radius 1 is 1.00 bits per heavy atom. The molecular formula is C20H19N5O2S. The van der Waals surface area contributed by atoms with Gasteiger partial charge in [-0.15, -0.1) is 10.2 Å². The van der Waals surface area contributed by atoms with Gasteiger partial charge in [0.1, 0.15) is 5.82 Å². The largest absolute Gasteiger partial charge is 0.334 e. The number of aromatic nitrogens is 3. The summed E-state index contributed by atoms with van der Waals surface area (Å²) in [5, 5.41) is 14.5. The maximum Gasteiger partial charge on any atom is 0.321 e. The highest BCUT2D eigenvalue weighted by Crippen LogP contribution is 2.26. The molecule has 7 nitrogen and oxygen atoms in total. The molecule has 28 heavy (non-hydrogen) atoms. The monoisotopic (exact) mass is 393 g/mol. The molecule has 1 saturated heterocycles. The van der Waals surface area contributed by atoms with Gasteiger partial charge in [-0.3, -0.25) is 14.7 Å². The molecular weight excluding hydrogens is 374 g/mol. The van der Waals surface area contributed by atoms with Crippen molar-refractivity contribution in [2.24, 2.45) is 0 Å². The Hall–Kier alpha value is -3.13. The number of rotatable bonds is 6. The molecule has 1 aliphatic rings. The van der Waals surface area contributed by atoms with E-state index in [9.17, 15) is 9.59 Å². The third kappa shape index (κ3) is 4.23. The SMILES string of the molecule is O=C1CC(Cc2nnc(SCc3ccccc3)n2-c2ccccc2)NC(=O)N1. The molecule has 0 bridgehead atoms. The Bertz CT molecular complexity index is 959. The molecule has 0 aliphatic carbocycles. The van der Waals surface area contributed by atoms with E-state index in [0.29, 0.717) is 12.2 Å². The van der Waals surface area contributed by atoms with Crippen LogP contribution in [0.4, 0.5) is 4.79 Å². The molecule has 1 fully saturated rings. The van der Waals surface area contributed by atoms with Crippen LogP contribution in [0.5, 0.6) is 0 Å². The Morgan fingerprint density at radius 2 is 1.71 bits per heavy atom. The predicted molar refractivity (Wildman–Crippen MR) is 106 cm³/mol. The molecule has 1 unspecified atom stereocenters. The lowest BCUT2D eigenvalue weighted by Gasteiger charge is -2.23. The van der Waals surface area contributed by atoms with Crippen molar-refractivity contribution in [1.82, 2.24) is 25.4 Å². The Balaban J connectivity index is 1.60. The number of hydrogen-bond acceptors (Lipinski definition) is 5. The van der Waals surface area contributed by atoms with Crippen molar-refractivity contribution in [1.29, 1.82) is 0 Å². The molecule has 0 saturated carbocycles. The molecule has 0 radical (unpaired) electrons. The van der Waals surface area contributed by atoms with E-state index in [-0.39, 0.29) is 18.4 Å². The lowest BCUT2D eigenvalue weighted by atomic mass is 10.1. The smallest absolute Gasteiger partial charge is 0.321 e. The number of imide groups is 1. The summed E-state index contributed by atoms with van der Waals surface area (Å²) in [6.45, 7) is 0. The fraction of sp³-hybridized carbons (Fsp3) is 0.200. The predicted octanol–water partition coefficient (Wildman–Crippen LogP) is 2.70. The van der Waals surface area contributed by atoms with Crippen LogP contribution in [0, 0.1) is 0 Å². The standard InChI is InChI=1S/C20H19N5O2S/c26-18-12-15(21-19(27)22-18)11-17-23-24-20(25(17)16-9-5-2-6-10-16)28-13-14-7-3-1-4-8-14/h1-10,15H,11-13H2,(H2,21,22,26,27). The first kappa shape index (κ1) is 18.2. The number of nitrogens with one attached hydrogen (secondary N) is 2. The van der Waals surface area contributed by atoms with Gasteiger partial charge in [0.2, 0.25) is 5.91 Å². The van der Waals surface area contributed by atoms with Crippen LogP contribution in [-0.2, 0) is 17.0 Å². The van der Waals surface area contributed by atoms with Gasteiger partial charge in [-0.05, 0) is 17.7 Å². The zero-order valence-electron chi connectivity index (χ0n) is 15.0. The van der Waals surface area contributed by atoms with E-state index in [1.54, 1.807) is 11.8 Å². The fourth-order valence-corrected chi connectivity index (χ4v) is 4.03. The topological polar surface area (TPSA) is 88.9 Å². The van der Waals surface area contributed by atoms with Gasteiger partial charge < -0.3 is 5.32 Å². The minimum atomic E-state index is -0.467. The molecule has 2 aromatic carbocycles. The van der Waals surface area contributed by atoms with Gasteiger partial charge in [-0.1, -0.05) is 60.3 Å². The fourth-order valence-electron chi connectivity index (χ4n) is 3.10. The van der Waals surface area contributed by atoms with Crippen LogP contribution in [0.1, 0.15) is 17.8 Å². The third-order valence-electron chi connectivity index (χ3n) is 4.37. The first-order valence-corrected chi connectivity index (χ1v) is 9.94. The van der Waals surface area contributed by atoms with Crippen LogP contribution in [0.2, 0.25) is 0 Å². The maximum absolute atomic E-state index is 11.7. The zero-order chi connectivity index (χ0) is 19.3. The lowest BCUT2D eigenvalue weighted by molar-refractivity contribution is -0.121. The van der Waals surface area contributed by atoms with Crippen LogP contribution in [0.25, 0.3) is 5.69 Å². The van der Waals surface area contributed by atoms with Crippen molar-refractivity contribution in [3.63, 3.8) is 0 Å².